The van der Waals surface area contributed by atoms with Gasteiger partial charge in [0.15, 0.2) is 24.5 Å². The summed E-state index contributed by atoms with van der Waals surface area (Å²) in [5, 5.41) is 2.90. The van der Waals surface area contributed by atoms with Gasteiger partial charge in [-0.1, -0.05) is 30.3 Å². The van der Waals surface area contributed by atoms with Gasteiger partial charge in [-0.15, -0.1) is 0 Å². The number of nitrogens with one attached hydrogen (secondary N) is 1. The molecule has 3 aliphatic heterocycles. The van der Waals surface area contributed by atoms with E-state index in [2.05, 4.69) is 5.32 Å². The fraction of sp³-hybridized carbons (Fsp3) is 0.704. The molecule has 0 unspecified atom stereocenters. The van der Waals surface area contributed by atoms with Gasteiger partial charge in [-0.2, -0.15) is 0 Å². The first-order valence-corrected chi connectivity index (χ1v) is 12.9. The number of benzene rings is 1. The fourth-order valence-corrected chi connectivity index (χ4v) is 5.28. The Morgan fingerprint density at radius 3 is 2.18 bits per heavy atom. The summed E-state index contributed by atoms with van der Waals surface area (Å²) in [6.45, 7) is 10.2. The van der Waals surface area contributed by atoms with Crippen LogP contribution in [0.15, 0.2) is 30.3 Å². The van der Waals surface area contributed by atoms with E-state index in [9.17, 15) is 9.59 Å². The summed E-state index contributed by atoms with van der Waals surface area (Å²) in [6, 6.07) is 8.84. The zero-order chi connectivity index (χ0) is 27.6. The van der Waals surface area contributed by atoms with E-state index < -0.39 is 73.1 Å². The molecule has 4 rings (SSSR count). The molecule has 1 aromatic rings. The molecule has 3 saturated heterocycles. The fourth-order valence-electron chi connectivity index (χ4n) is 5.28. The lowest BCUT2D eigenvalue weighted by molar-refractivity contribution is -0.335. The van der Waals surface area contributed by atoms with Gasteiger partial charge in [0.2, 0.25) is 5.91 Å². The van der Waals surface area contributed by atoms with Crippen LogP contribution in [-0.4, -0.2) is 86.1 Å². The van der Waals surface area contributed by atoms with Crippen LogP contribution in [-0.2, 0) is 54.1 Å². The van der Waals surface area contributed by atoms with E-state index >= 15 is 0 Å². The number of hydrogen-bond donors (Lipinski definition) is 1. The van der Waals surface area contributed by atoms with Crippen molar-refractivity contribution < 1.29 is 47.5 Å². The Bertz CT molecular complexity index is 958. The first-order valence-electron chi connectivity index (χ1n) is 12.9. The summed E-state index contributed by atoms with van der Waals surface area (Å²) < 4.78 is 48.6. The molecule has 0 radical (unpaired) electrons. The third-order valence-corrected chi connectivity index (χ3v) is 6.84. The molecule has 10 atom stereocenters. The molecule has 1 N–H and O–H groups in total. The first-order chi connectivity index (χ1) is 18.0. The average Bonchev–Trinajstić information content (AvgIpc) is 3.17. The van der Waals surface area contributed by atoms with Crippen molar-refractivity contribution in [3.05, 3.63) is 35.9 Å². The summed E-state index contributed by atoms with van der Waals surface area (Å²) in [5.74, 6) is -1.67. The van der Waals surface area contributed by atoms with Crippen molar-refractivity contribution in [1.29, 1.82) is 0 Å². The predicted octanol–water partition coefficient (Wildman–Crippen LogP) is 2.05. The molecule has 38 heavy (non-hydrogen) atoms. The van der Waals surface area contributed by atoms with Crippen LogP contribution < -0.4 is 5.32 Å². The van der Waals surface area contributed by atoms with Gasteiger partial charge in [-0.3, -0.25) is 9.59 Å². The number of amides is 1. The second kappa shape index (κ2) is 12.0. The highest BCUT2D eigenvalue weighted by Gasteiger charge is 2.57. The molecule has 0 bridgehead atoms. The summed E-state index contributed by atoms with van der Waals surface area (Å²) in [7, 11) is 1.55. The number of fused-ring (bicyclic) bond motifs is 1. The molecule has 1 amide bonds. The van der Waals surface area contributed by atoms with Crippen LogP contribution in [0.2, 0.25) is 0 Å². The second-order valence-electron chi connectivity index (χ2n) is 10.4. The number of esters is 1. The molecule has 11 nitrogen and oxygen atoms in total. The van der Waals surface area contributed by atoms with Crippen molar-refractivity contribution in [2.75, 3.05) is 7.11 Å². The highest BCUT2D eigenvalue weighted by Crippen LogP contribution is 2.40. The summed E-state index contributed by atoms with van der Waals surface area (Å²) >= 11 is 0. The van der Waals surface area contributed by atoms with Crippen LogP contribution in [0.1, 0.15) is 47.1 Å². The maximum atomic E-state index is 12.2. The van der Waals surface area contributed by atoms with E-state index in [0.717, 1.165) is 5.56 Å². The predicted molar refractivity (Wildman–Crippen MR) is 133 cm³/mol. The molecule has 11 heteroatoms. The molecule has 3 fully saturated rings. The number of hydrogen-bond acceptors (Lipinski definition) is 10. The number of carbonyl (C=O) groups is 2. The zero-order valence-electron chi connectivity index (χ0n) is 22.9. The monoisotopic (exact) mass is 537 g/mol. The van der Waals surface area contributed by atoms with Crippen LogP contribution >= 0.6 is 0 Å². The Kier molecular flexibility index (Phi) is 9.08. The highest BCUT2D eigenvalue weighted by atomic mass is 16.8. The summed E-state index contributed by atoms with van der Waals surface area (Å²) in [6.07, 6.45) is -5.94. The van der Waals surface area contributed by atoms with Crippen molar-refractivity contribution in [2.24, 2.45) is 0 Å². The number of rotatable bonds is 8. The Morgan fingerprint density at radius 2 is 1.55 bits per heavy atom. The summed E-state index contributed by atoms with van der Waals surface area (Å²) in [5.41, 5.74) is 0.919. The van der Waals surface area contributed by atoms with Gasteiger partial charge in [0, 0.05) is 21.0 Å². The molecule has 3 aliphatic rings. The van der Waals surface area contributed by atoms with Crippen molar-refractivity contribution in [1.82, 2.24) is 5.32 Å². The Hall–Kier alpha value is -2.12. The molecule has 0 aromatic heterocycles. The molecule has 0 saturated carbocycles. The molecule has 0 spiro atoms. The smallest absolute Gasteiger partial charge is 0.303 e. The van der Waals surface area contributed by atoms with Crippen LogP contribution in [0.3, 0.4) is 0 Å². The van der Waals surface area contributed by atoms with E-state index in [0.29, 0.717) is 0 Å². The van der Waals surface area contributed by atoms with E-state index in [1.165, 1.54) is 13.8 Å². The zero-order valence-corrected chi connectivity index (χ0v) is 22.9. The molecule has 212 valence electrons. The minimum atomic E-state index is -0.958. The molecular formula is C27H39NO10. The lowest BCUT2D eigenvalue weighted by Crippen LogP contribution is -2.67. The van der Waals surface area contributed by atoms with E-state index in [1.807, 2.05) is 51.1 Å². The Labute approximate surface area is 223 Å². The van der Waals surface area contributed by atoms with E-state index in [-0.39, 0.29) is 12.5 Å². The third-order valence-electron chi connectivity index (χ3n) is 6.84. The average molecular weight is 538 g/mol. The first kappa shape index (κ1) is 28.9. The number of ether oxygens (including phenoxy) is 8. The Balaban J connectivity index is 1.63. The van der Waals surface area contributed by atoms with Crippen LogP contribution in [0.5, 0.6) is 0 Å². The highest BCUT2D eigenvalue weighted by molar-refractivity contribution is 5.73. The Morgan fingerprint density at radius 1 is 0.921 bits per heavy atom. The normalized spacial score (nSPS) is 38.3. The van der Waals surface area contributed by atoms with Gasteiger partial charge >= 0.3 is 5.97 Å². The van der Waals surface area contributed by atoms with Gasteiger partial charge in [-0.05, 0) is 33.3 Å². The van der Waals surface area contributed by atoms with Crippen molar-refractivity contribution in [3.8, 4) is 0 Å². The number of carbonyl (C=O) groups excluding carboxylic acids is 2. The van der Waals surface area contributed by atoms with Gasteiger partial charge in [-0.25, -0.2) is 0 Å². The standard InChI is InChI=1S/C27H39NO10/c1-14-20(35-17(4)30)19(28-16(3)29)22(32-13-18-11-9-8-10-12-18)26(34-14)36-21-15(2)33-25(31-7)24-23(21)37-27(5,6)38-24/h8-12,14-15,19-26H,13H2,1-7H3,(H,28,29)/t14-,15-,19+,20+,21-,22-,23+,24+,25+,26-/m1/s1. The van der Waals surface area contributed by atoms with Crippen LogP contribution in [0.4, 0.5) is 0 Å². The minimum absolute atomic E-state index is 0.215. The van der Waals surface area contributed by atoms with Crippen molar-refractivity contribution >= 4 is 11.9 Å². The van der Waals surface area contributed by atoms with Crippen molar-refractivity contribution in [2.45, 2.75) is 115 Å². The van der Waals surface area contributed by atoms with Crippen LogP contribution in [0.25, 0.3) is 0 Å². The summed E-state index contributed by atoms with van der Waals surface area (Å²) in [4.78, 5) is 24.2. The molecular weight excluding hydrogens is 498 g/mol. The maximum Gasteiger partial charge on any atom is 0.303 e. The van der Waals surface area contributed by atoms with Gasteiger partial charge < -0.3 is 43.2 Å². The van der Waals surface area contributed by atoms with Crippen molar-refractivity contribution in [3.63, 3.8) is 0 Å². The molecule has 1 aromatic carbocycles. The largest absolute Gasteiger partial charge is 0.457 e. The molecule has 0 aliphatic carbocycles. The van der Waals surface area contributed by atoms with Crippen LogP contribution in [0, 0.1) is 0 Å². The lowest BCUT2D eigenvalue weighted by atomic mass is 9.95. The third kappa shape index (κ3) is 6.53. The van der Waals surface area contributed by atoms with Gasteiger partial charge in [0.25, 0.3) is 0 Å². The maximum absolute atomic E-state index is 12.2. The molecule has 3 heterocycles. The van der Waals surface area contributed by atoms with E-state index in [4.69, 9.17) is 37.9 Å². The van der Waals surface area contributed by atoms with Gasteiger partial charge in [0.05, 0.1) is 24.9 Å². The van der Waals surface area contributed by atoms with Gasteiger partial charge in [0.1, 0.15) is 24.4 Å². The SMILES string of the molecule is CO[C@H]1O[C@H](C)[C@@H](O[C@H]2O[C@H](C)[C@H](OC(C)=O)[C@H](NC(C)=O)[C@H]2OCc2ccccc2)[C@@H]2OC(C)(C)O[C@H]12. The minimum Gasteiger partial charge on any atom is -0.457 e. The second-order valence-corrected chi connectivity index (χ2v) is 10.4. The number of methoxy groups -OCH3 is 1. The quantitative estimate of drug-likeness (QED) is 0.494. The topological polar surface area (TPSA) is 120 Å². The lowest BCUT2D eigenvalue weighted by Gasteiger charge is -2.48. The van der Waals surface area contributed by atoms with E-state index in [1.54, 1.807) is 14.0 Å².